The Balaban J connectivity index is 2.23. The van der Waals surface area contributed by atoms with Gasteiger partial charge in [0.2, 0.25) is 0 Å². The SMILES string of the molecule is N#Cc1cccc(Oc2ccc(CO)c(Cl)c2)c1. The molecule has 0 aliphatic heterocycles. The molecule has 0 heterocycles. The van der Waals surface area contributed by atoms with Crippen molar-refractivity contribution >= 4 is 11.6 Å². The quantitative estimate of drug-likeness (QED) is 0.918. The van der Waals surface area contributed by atoms with Gasteiger partial charge in [-0.3, -0.25) is 0 Å². The third-order valence-corrected chi connectivity index (χ3v) is 2.75. The maximum atomic E-state index is 9.01. The molecule has 90 valence electrons. The van der Waals surface area contributed by atoms with E-state index < -0.39 is 0 Å². The van der Waals surface area contributed by atoms with Gasteiger partial charge in [-0.2, -0.15) is 5.26 Å². The Bertz CT molecular complexity index is 605. The lowest BCUT2D eigenvalue weighted by molar-refractivity contribution is 0.282. The summed E-state index contributed by atoms with van der Waals surface area (Å²) in [5, 5.41) is 18.2. The fraction of sp³-hybridized carbons (Fsp3) is 0.0714. The van der Waals surface area contributed by atoms with Crippen molar-refractivity contribution < 1.29 is 9.84 Å². The van der Waals surface area contributed by atoms with E-state index in [9.17, 15) is 0 Å². The van der Waals surface area contributed by atoms with Crippen LogP contribution < -0.4 is 4.74 Å². The van der Waals surface area contributed by atoms with E-state index in [2.05, 4.69) is 0 Å². The normalized spacial score (nSPS) is 9.83. The van der Waals surface area contributed by atoms with Crippen LogP contribution in [-0.2, 0) is 6.61 Å². The highest BCUT2D eigenvalue weighted by atomic mass is 35.5. The first-order chi connectivity index (χ1) is 8.72. The van der Waals surface area contributed by atoms with Gasteiger partial charge in [-0.15, -0.1) is 0 Å². The van der Waals surface area contributed by atoms with Gasteiger partial charge in [0, 0.05) is 5.02 Å². The molecule has 4 heteroatoms. The maximum absolute atomic E-state index is 9.01. The molecule has 0 spiro atoms. The van der Waals surface area contributed by atoms with Crippen LogP contribution in [0.3, 0.4) is 0 Å². The van der Waals surface area contributed by atoms with Gasteiger partial charge in [-0.25, -0.2) is 0 Å². The highest BCUT2D eigenvalue weighted by Crippen LogP contribution is 2.27. The molecule has 0 aliphatic rings. The molecule has 0 saturated carbocycles. The topological polar surface area (TPSA) is 53.2 Å². The second-order valence-electron chi connectivity index (χ2n) is 3.65. The van der Waals surface area contributed by atoms with Crippen molar-refractivity contribution in [1.29, 1.82) is 5.26 Å². The first-order valence-corrected chi connectivity index (χ1v) is 5.68. The molecule has 0 radical (unpaired) electrons. The van der Waals surface area contributed by atoms with Crippen LogP contribution in [-0.4, -0.2) is 5.11 Å². The van der Waals surface area contributed by atoms with Gasteiger partial charge in [0.15, 0.2) is 0 Å². The van der Waals surface area contributed by atoms with Crippen LogP contribution in [0.2, 0.25) is 5.02 Å². The van der Waals surface area contributed by atoms with Crippen LogP contribution in [0.25, 0.3) is 0 Å². The lowest BCUT2D eigenvalue weighted by atomic mass is 10.2. The molecule has 0 unspecified atom stereocenters. The molecule has 0 aromatic heterocycles. The van der Waals surface area contributed by atoms with Gasteiger partial charge in [0.1, 0.15) is 11.5 Å². The minimum absolute atomic E-state index is 0.108. The second-order valence-corrected chi connectivity index (χ2v) is 4.06. The Morgan fingerprint density at radius 1 is 1.17 bits per heavy atom. The number of hydrogen-bond donors (Lipinski definition) is 1. The first-order valence-electron chi connectivity index (χ1n) is 5.30. The molecule has 1 N–H and O–H groups in total. The zero-order valence-corrected chi connectivity index (χ0v) is 10.2. The summed E-state index contributed by atoms with van der Waals surface area (Å²) in [7, 11) is 0. The number of nitrogens with zero attached hydrogens (tertiary/aromatic N) is 1. The van der Waals surface area contributed by atoms with Crippen molar-refractivity contribution in [1.82, 2.24) is 0 Å². The van der Waals surface area contributed by atoms with Gasteiger partial charge < -0.3 is 9.84 Å². The Morgan fingerprint density at radius 2 is 1.94 bits per heavy atom. The largest absolute Gasteiger partial charge is 0.457 e. The number of aliphatic hydroxyl groups excluding tert-OH is 1. The van der Waals surface area contributed by atoms with Crippen molar-refractivity contribution in [2.75, 3.05) is 0 Å². The molecule has 18 heavy (non-hydrogen) atoms. The molecule has 0 bridgehead atoms. The fourth-order valence-electron chi connectivity index (χ4n) is 1.48. The average molecular weight is 260 g/mol. The molecule has 0 atom stereocenters. The minimum Gasteiger partial charge on any atom is -0.457 e. The molecular formula is C14H10ClNO2. The lowest BCUT2D eigenvalue weighted by Gasteiger charge is -2.07. The molecule has 2 aromatic carbocycles. The van der Waals surface area contributed by atoms with Crippen LogP contribution in [0.15, 0.2) is 42.5 Å². The Hall–Kier alpha value is -2.02. The monoisotopic (exact) mass is 259 g/mol. The summed E-state index contributed by atoms with van der Waals surface area (Å²) >= 11 is 5.96. The van der Waals surface area contributed by atoms with Crippen LogP contribution in [0.1, 0.15) is 11.1 Å². The average Bonchev–Trinajstić information content (AvgIpc) is 2.39. The number of benzene rings is 2. The van der Waals surface area contributed by atoms with E-state index in [1.165, 1.54) is 0 Å². The maximum Gasteiger partial charge on any atom is 0.128 e. The highest BCUT2D eigenvalue weighted by molar-refractivity contribution is 6.31. The Morgan fingerprint density at radius 3 is 2.61 bits per heavy atom. The van der Waals surface area contributed by atoms with E-state index in [4.69, 9.17) is 26.7 Å². The van der Waals surface area contributed by atoms with E-state index in [-0.39, 0.29) is 6.61 Å². The van der Waals surface area contributed by atoms with E-state index in [1.54, 1.807) is 42.5 Å². The number of aliphatic hydroxyl groups is 1. The Labute approximate surface area is 110 Å². The molecule has 2 aromatic rings. The molecule has 3 nitrogen and oxygen atoms in total. The lowest BCUT2D eigenvalue weighted by Crippen LogP contribution is -1.88. The summed E-state index contributed by atoms with van der Waals surface area (Å²) in [6.45, 7) is -0.108. The van der Waals surface area contributed by atoms with Crippen molar-refractivity contribution in [2.45, 2.75) is 6.61 Å². The summed E-state index contributed by atoms with van der Waals surface area (Å²) < 4.78 is 5.58. The third-order valence-electron chi connectivity index (χ3n) is 2.39. The highest BCUT2D eigenvalue weighted by Gasteiger charge is 2.03. The number of hydrogen-bond acceptors (Lipinski definition) is 3. The van der Waals surface area contributed by atoms with Crippen molar-refractivity contribution in [3.05, 3.63) is 58.6 Å². The summed E-state index contributed by atoms with van der Waals surface area (Å²) in [4.78, 5) is 0. The first kappa shape index (κ1) is 12.4. The summed E-state index contributed by atoms with van der Waals surface area (Å²) in [6.07, 6.45) is 0. The summed E-state index contributed by atoms with van der Waals surface area (Å²) in [5.74, 6) is 1.13. The number of nitriles is 1. The van der Waals surface area contributed by atoms with Crippen LogP contribution in [0.4, 0.5) is 0 Å². The van der Waals surface area contributed by atoms with Crippen LogP contribution in [0.5, 0.6) is 11.5 Å². The molecule has 0 fully saturated rings. The van der Waals surface area contributed by atoms with Crippen LogP contribution >= 0.6 is 11.6 Å². The smallest absolute Gasteiger partial charge is 0.128 e. The van der Waals surface area contributed by atoms with Gasteiger partial charge in [0.25, 0.3) is 0 Å². The van der Waals surface area contributed by atoms with Gasteiger partial charge in [-0.05, 0) is 35.9 Å². The van der Waals surface area contributed by atoms with E-state index in [0.29, 0.717) is 27.6 Å². The summed E-state index contributed by atoms with van der Waals surface area (Å²) in [5.41, 5.74) is 1.18. The predicted molar refractivity (Wildman–Crippen MR) is 68.6 cm³/mol. The minimum atomic E-state index is -0.108. The molecule has 0 aliphatic carbocycles. The molecule has 0 saturated heterocycles. The second kappa shape index (κ2) is 5.54. The van der Waals surface area contributed by atoms with Gasteiger partial charge >= 0.3 is 0 Å². The standard InChI is InChI=1S/C14H10ClNO2/c15-14-7-13(5-4-11(14)9-17)18-12-3-1-2-10(6-12)8-16/h1-7,17H,9H2. The third kappa shape index (κ3) is 2.80. The molecular weight excluding hydrogens is 250 g/mol. The van der Waals surface area contributed by atoms with Gasteiger partial charge in [0.05, 0.1) is 18.2 Å². The van der Waals surface area contributed by atoms with Crippen LogP contribution in [0, 0.1) is 11.3 Å². The summed E-state index contributed by atoms with van der Waals surface area (Å²) in [6, 6.07) is 13.9. The van der Waals surface area contributed by atoms with E-state index >= 15 is 0 Å². The van der Waals surface area contributed by atoms with Crippen molar-refractivity contribution in [3.8, 4) is 17.6 Å². The zero-order chi connectivity index (χ0) is 13.0. The van der Waals surface area contributed by atoms with Gasteiger partial charge in [-0.1, -0.05) is 23.7 Å². The molecule has 2 rings (SSSR count). The van der Waals surface area contributed by atoms with Crippen molar-refractivity contribution in [2.24, 2.45) is 0 Å². The number of halogens is 1. The number of ether oxygens (including phenoxy) is 1. The number of rotatable bonds is 3. The van der Waals surface area contributed by atoms with E-state index in [1.807, 2.05) is 6.07 Å². The Kier molecular flexibility index (Phi) is 3.83. The molecule has 0 amide bonds. The zero-order valence-electron chi connectivity index (χ0n) is 9.43. The van der Waals surface area contributed by atoms with Crippen molar-refractivity contribution in [3.63, 3.8) is 0 Å². The fourth-order valence-corrected chi connectivity index (χ4v) is 1.72. The van der Waals surface area contributed by atoms with E-state index in [0.717, 1.165) is 0 Å². The predicted octanol–water partition coefficient (Wildman–Crippen LogP) is 3.50.